The number of rotatable bonds is 4. The summed E-state index contributed by atoms with van der Waals surface area (Å²) in [5.41, 5.74) is 3.65. The SMILES string of the molecule is O=C(Cc1ccc(Cl)cc1)Nc1ccc2oc(-c3cccc(Cl)c3)nc2c1. The molecular weight excluding hydrogens is 383 g/mol. The van der Waals surface area contributed by atoms with Crippen LogP contribution < -0.4 is 5.32 Å². The fourth-order valence-electron chi connectivity index (χ4n) is 2.74. The molecule has 4 rings (SSSR count). The van der Waals surface area contributed by atoms with Crippen molar-refractivity contribution in [3.63, 3.8) is 0 Å². The molecule has 0 aliphatic carbocycles. The van der Waals surface area contributed by atoms with Crippen LogP contribution in [0, 0.1) is 0 Å². The Hall–Kier alpha value is -2.82. The maximum atomic E-state index is 12.3. The van der Waals surface area contributed by atoms with Crippen LogP contribution in [0.5, 0.6) is 0 Å². The number of aromatic nitrogens is 1. The number of benzene rings is 3. The van der Waals surface area contributed by atoms with Gasteiger partial charge in [-0.05, 0) is 54.1 Å². The lowest BCUT2D eigenvalue weighted by atomic mass is 10.1. The van der Waals surface area contributed by atoms with Crippen LogP contribution >= 0.6 is 23.2 Å². The molecule has 4 nitrogen and oxygen atoms in total. The van der Waals surface area contributed by atoms with Crippen LogP contribution in [0.2, 0.25) is 10.0 Å². The van der Waals surface area contributed by atoms with Crippen molar-refractivity contribution in [1.82, 2.24) is 4.98 Å². The van der Waals surface area contributed by atoms with E-state index >= 15 is 0 Å². The number of hydrogen-bond donors (Lipinski definition) is 1. The number of fused-ring (bicyclic) bond motifs is 1. The molecule has 1 amide bonds. The van der Waals surface area contributed by atoms with Gasteiger partial charge in [-0.15, -0.1) is 0 Å². The predicted molar refractivity (Wildman–Crippen MR) is 108 cm³/mol. The Balaban J connectivity index is 1.53. The molecule has 3 aromatic carbocycles. The number of anilines is 1. The molecule has 1 aromatic heterocycles. The predicted octanol–water partition coefficient (Wildman–Crippen LogP) is 5.98. The second-order valence-corrected chi connectivity index (χ2v) is 6.94. The maximum Gasteiger partial charge on any atom is 0.228 e. The second kappa shape index (κ2) is 7.43. The molecule has 0 spiro atoms. The summed E-state index contributed by atoms with van der Waals surface area (Å²) in [7, 11) is 0. The molecule has 0 radical (unpaired) electrons. The molecule has 0 atom stereocenters. The van der Waals surface area contributed by atoms with Gasteiger partial charge < -0.3 is 9.73 Å². The molecule has 0 aliphatic rings. The first-order valence-electron chi connectivity index (χ1n) is 8.28. The van der Waals surface area contributed by atoms with E-state index in [-0.39, 0.29) is 12.3 Å². The Morgan fingerprint density at radius 1 is 0.963 bits per heavy atom. The number of halogens is 2. The smallest absolute Gasteiger partial charge is 0.228 e. The zero-order valence-electron chi connectivity index (χ0n) is 14.1. The third kappa shape index (κ3) is 4.13. The highest BCUT2D eigenvalue weighted by molar-refractivity contribution is 6.31. The monoisotopic (exact) mass is 396 g/mol. The molecule has 134 valence electrons. The highest BCUT2D eigenvalue weighted by Crippen LogP contribution is 2.27. The van der Waals surface area contributed by atoms with Crippen LogP contribution in [0.4, 0.5) is 5.69 Å². The van der Waals surface area contributed by atoms with Crippen LogP contribution in [-0.4, -0.2) is 10.9 Å². The molecule has 0 saturated carbocycles. The average molecular weight is 397 g/mol. The minimum atomic E-state index is -0.116. The minimum absolute atomic E-state index is 0.116. The molecule has 0 fully saturated rings. The number of nitrogens with zero attached hydrogens (tertiary/aromatic N) is 1. The summed E-state index contributed by atoms with van der Waals surface area (Å²) in [6.45, 7) is 0. The summed E-state index contributed by atoms with van der Waals surface area (Å²) >= 11 is 11.9. The summed E-state index contributed by atoms with van der Waals surface area (Å²) in [4.78, 5) is 16.8. The van der Waals surface area contributed by atoms with E-state index in [1.165, 1.54) is 0 Å². The fraction of sp³-hybridized carbons (Fsp3) is 0.0476. The Morgan fingerprint density at radius 2 is 1.78 bits per heavy atom. The second-order valence-electron chi connectivity index (χ2n) is 6.06. The van der Waals surface area contributed by atoms with Crippen LogP contribution in [0.3, 0.4) is 0 Å². The van der Waals surface area contributed by atoms with Crippen LogP contribution in [0.1, 0.15) is 5.56 Å². The number of carbonyl (C=O) groups excluding carboxylic acids is 1. The van der Waals surface area contributed by atoms with Gasteiger partial charge in [-0.25, -0.2) is 4.98 Å². The average Bonchev–Trinajstić information content (AvgIpc) is 3.07. The van der Waals surface area contributed by atoms with Gasteiger partial charge in [-0.1, -0.05) is 41.4 Å². The summed E-state index contributed by atoms with van der Waals surface area (Å²) in [5, 5.41) is 4.14. The first kappa shape index (κ1) is 17.6. The number of oxazole rings is 1. The normalized spacial score (nSPS) is 10.9. The molecule has 0 saturated heterocycles. The topological polar surface area (TPSA) is 55.1 Å². The molecule has 27 heavy (non-hydrogen) atoms. The van der Waals surface area contributed by atoms with Crippen molar-refractivity contribution >= 4 is 45.9 Å². The lowest BCUT2D eigenvalue weighted by Gasteiger charge is -2.05. The number of hydrogen-bond acceptors (Lipinski definition) is 3. The molecule has 1 N–H and O–H groups in total. The summed E-state index contributed by atoms with van der Waals surface area (Å²) in [6.07, 6.45) is 0.266. The number of nitrogens with one attached hydrogen (secondary N) is 1. The summed E-state index contributed by atoms with van der Waals surface area (Å²) in [6, 6.07) is 19.9. The van der Waals surface area contributed by atoms with Crippen LogP contribution in [0.15, 0.2) is 71.1 Å². The van der Waals surface area contributed by atoms with Crippen molar-refractivity contribution in [1.29, 1.82) is 0 Å². The van der Waals surface area contributed by atoms with Gasteiger partial charge >= 0.3 is 0 Å². The van der Waals surface area contributed by atoms with E-state index in [1.807, 2.05) is 24.3 Å². The van der Waals surface area contributed by atoms with Crippen molar-refractivity contribution in [2.24, 2.45) is 0 Å². The van der Waals surface area contributed by atoms with Gasteiger partial charge in [0.2, 0.25) is 11.8 Å². The minimum Gasteiger partial charge on any atom is -0.436 e. The zero-order chi connectivity index (χ0) is 18.8. The van der Waals surface area contributed by atoms with Gasteiger partial charge in [0.15, 0.2) is 5.58 Å². The van der Waals surface area contributed by atoms with Crippen molar-refractivity contribution in [2.45, 2.75) is 6.42 Å². The highest BCUT2D eigenvalue weighted by atomic mass is 35.5. The summed E-state index contributed by atoms with van der Waals surface area (Å²) < 4.78 is 5.78. The standard InChI is InChI=1S/C21H14Cl2N2O2/c22-15-6-4-13(5-7-15)10-20(26)24-17-8-9-19-18(12-17)25-21(27-19)14-2-1-3-16(23)11-14/h1-9,11-12H,10H2,(H,24,26). The number of carbonyl (C=O) groups is 1. The van der Waals surface area contributed by atoms with E-state index in [1.54, 1.807) is 42.5 Å². The van der Waals surface area contributed by atoms with E-state index in [0.29, 0.717) is 32.7 Å². The third-order valence-electron chi connectivity index (χ3n) is 4.02. The summed E-state index contributed by atoms with van der Waals surface area (Å²) in [5.74, 6) is 0.368. The molecule has 0 bridgehead atoms. The van der Waals surface area contributed by atoms with Gasteiger partial charge in [0, 0.05) is 21.3 Å². The van der Waals surface area contributed by atoms with Gasteiger partial charge in [-0.3, -0.25) is 4.79 Å². The van der Waals surface area contributed by atoms with Gasteiger partial charge in [0.25, 0.3) is 0 Å². The zero-order valence-corrected chi connectivity index (χ0v) is 15.6. The molecule has 4 aromatic rings. The van der Waals surface area contributed by atoms with E-state index in [4.69, 9.17) is 27.6 Å². The fourth-order valence-corrected chi connectivity index (χ4v) is 3.06. The van der Waals surface area contributed by atoms with Gasteiger partial charge in [0.05, 0.1) is 6.42 Å². The quantitative estimate of drug-likeness (QED) is 0.461. The van der Waals surface area contributed by atoms with Crippen molar-refractivity contribution in [2.75, 3.05) is 5.32 Å². The van der Waals surface area contributed by atoms with E-state index < -0.39 is 0 Å². The molecular formula is C21H14Cl2N2O2. The Kier molecular flexibility index (Phi) is 4.84. The maximum absolute atomic E-state index is 12.3. The van der Waals surface area contributed by atoms with Crippen molar-refractivity contribution in [3.8, 4) is 11.5 Å². The Bertz CT molecular complexity index is 1120. The largest absolute Gasteiger partial charge is 0.436 e. The lowest BCUT2D eigenvalue weighted by Crippen LogP contribution is -2.14. The van der Waals surface area contributed by atoms with Crippen LogP contribution in [-0.2, 0) is 11.2 Å². The van der Waals surface area contributed by atoms with Crippen molar-refractivity contribution < 1.29 is 9.21 Å². The number of amides is 1. The molecule has 0 unspecified atom stereocenters. The lowest BCUT2D eigenvalue weighted by molar-refractivity contribution is -0.115. The first-order chi connectivity index (χ1) is 13.1. The van der Waals surface area contributed by atoms with E-state index in [2.05, 4.69) is 10.3 Å². The Morgan fingerprint density at radius 3 is 2.56 bits per heavy atom. The molecule has 0 aliphatic heterocycles. The molecule has 1 heterocycles. The Labute approximate surface area is 165 Å². The first-order valence-corrected chi connectivity index (χ1v) is 9.03. The van der Waals surface area contributed by atoms with Gasteiger partial charge in [0.1, 0.15) is 5.52 Å². The third-order valence-corrected chi connectivity index (χ3v) is 4.51. The highest BCUT2D eigenvalue weighted by Gasteiger charge is 2.11. The van der Waals surface area contributed by atoms with Crippen LogP contribution in [0.25, 0.3) is 22.6 Å². The van der Waals surface area contributed by atoms with Gasteiger partial charge in [-0.2, -0.15) is 0 Å². The van der Waals surface area contributed by atoms with Crippen molar-refractivity contribution in [3.05, 3.63) is 82.3 Å². The molecule has 6 heteroatoms. The van der Waals surface area contributed by atoms with E-state index in [0.717, 1.165) is 11.1 Å². The van der Waals surface area contributed by atoms with E-state index in [9.17, 15) is 4.79 Å².